The van der Waals surface area contributed by atoms with Crippen LogP contribution in [0.5, 0.6) is 0 Å². The highest BCUT2D eigenvalue weighted by Crippen LogP contribution is 2.45. The van der Waals surface area contributed by atoms with Gasteiger partial charge in [-0.15, -0.1) is 0 Å². The van der Waals surface area contributed by atoms with E-state index in [0.717, 1.165) is 12.6 Å². The summed E-state index contributed by atoms with van der Waals surface area (Å²) in [5.74, 6) is 0. The minimum atomic E-state index is 0.333. The molecule has 1 spiro atoms. The molecule has 3 aliphatic rings. The summed E-state index contributed by atoms with van der Waals surface area (Å²) in [6.45, 7) is 17.2. The lowest BCUT2D eigenvalue weighted by Crippen LogP contribution is -2.53. The lowest BCUT2D eigenvalue weighted by atomic mass is 9.68. The van der Waals surface area contributed by atoms with Gasteiger partial charge in [0, 0.05) is 24.5 Å². The van der Waals surface area contributed by atoms with E-state index in [4.69, 9.17) is 0 Å². The van der Waals surface area contributed by atoms with E-state index >= 15 is 0 Å². The number of piperidine rings is 2. The summed E-state index contributed by atoms with van der Waals surface area (Å²) in [5, 5.41) is 3.53. The van der Waals surface area contributed by atoms with Crippen molar-refractivity contribution >= 4 is 0 Å². The first-order valence-corrected chi connectivity index (χ1v) is 12.9. The fraction of sp³-hybridized carbons (Fsp3) is 0.778. The van der Waals surface area contributed by atoms with Gasteiger partial charge in [-0.05, 0) is 82.9 Å². The number of hydrogen-bond acceptors (Lipinski definition) is 3. The van der Waals surface area contributed by atoms with Gasteiger partial charge < -0.3 is 10.2 Å². The summed E-state index contributed by atoms with van der Waals surface area (Å²) in [5.41, 5.74) is 3.42. The van der Waals surface area contributed by atoms with E-state index < -0.39 is 0 Å². The molecule has 0 aromatic heterocycles. The molecule has 0 unspecified atom stereocenters. The van der Waals surface area contributed by atoms with Crippen LogP contribution < -0.4 is 5.32 Å². The summed E-state index contributed by atoms with van der Waals surface area (Å²) >= 11 is 0. The molecule has 0 amide bonds. The van der Waals surface area contributed by atoms with Crippen LogP contribution >= 0.6 is 0 Å². The van der Waals surface area contributed by atoms with Crippen molar-refractivity contribution in [2.45, 2.75) is 84.1 Å². The van der Waals surface area contributed by atoms with Crippen molar-refractivity contribution in [3.63, 3.8) is 0 Å². The van der Waals surface area contributed by atoms with Gasteiger partial charge in [0.25, 0.3) is 0 Å². The zero-order valence-electron chi connectivity index (χ0n) is 19.9. The number of nitrogens with zero attached hydrogens (tertiary/aromatic N) is 2. The van der Waals surface area contributed by atoms with Crippen LogP contribution in [0, 0.1) is 5.41 Å². The Balaban J connectivity index is 1.63. The first-order valence-electron chi connectivity index (χ1n) is 12.9. The van der Waals surface area contributed by atoms with Crippen LogP contribution in [0.3, 0.4) is 0 Å². The normalized spacial score (nSPS) is 24.2. The van der Waals surface area contributed by atoms with Crippen molar-refractivity contribution in [2.24, 2.45) is 5.41 Å². The quantitative estimate of drug-likeness (QED) is 0.473. The molecule has 0 saturated carbocycles. The van der Waals surface area contributed by atoms with Crippen molar-refractivity contribution in [3.8, 4) is 0 Å². The molecule has 3 heteroatoms. The van der Waals surface area contributed by atoms with Crippen LogP contribution in [0.1, 0.15) is 78.1 Å². The monoisotopic (exact) mass is 413 g/mol. The Bertz CT molecular complexity index is 577. The van der Waals surface area contributed by atoms with Gasteiger partial charge in [0.05, 0.1) is 0 Å². The largest absolute Gasteiger partial charge is 0.317 e. The van der Waals surface area contributed by atoms with Gasteiger partial charge in [0.2, 0.25) is 0 Å². The van der Waals surface area contributed by atoms with Crippen molar-refractivity contribution in [2.75, 3.05) is 45.8 Å². The first kappa shape index (κ1) is 23.8. The highest BCUT2D eigenvalue weighted by atomic mass is 15.2. The maximum Gasteiger partial charge on any atom is 0.0236 e. The Morgan fingerprint density at radius 3 is 2.43 bits per heavy atom. The van der Waals surface area contributed by atoms with E-state index in [0.29, 0.717) is 5.41 Å². The molecule has 3 nitrogen and oxygen atoms in total. The van der Waals surface area contributed by atoms with E-state index in [9.17, 15) is 0 Å². The second kappa shape index (κ2) is 12.2. The lowest BCUT2D eigenvalue weighted by molar-refractivity contribution is 0.0513. The molecule has 2 saturated heterocycles. The molecule has 0 bridgehead atoms. The van der Waals surface area contributed by atoms with E-state index in [1.807, 2.05) is 0 Å². The molecule has 0 aromatic carbocycles. The molecule has 3 heterocycles. The standard InChI is InChI=1S/C27H47N3/c1-4-7-8-9-10-11-19-29-22-24(6-3)26(12-5-2)27(23-29)15-20-30(21-16-27)25-13-17-28-18-14-25/h5-6,12,25,28H,3-4,7-11,13-23H2,1-2H3/b12-5-. The van der Waals surface area contributed by atoms with Crippen molar-refractivity contribution in [3.05, 3.63) is 36.0 Å². The minimum Gasteiger partial charge on any atom is -0.317 e. The number of rotatable bonds is 10. The third kappa shape index (κ3) is 6.08. The van der Waals surface area contributed by atoms with E-state index in [2.05, 4.69) is 53.8 Å². The Labute approximate surface area is 186 Å². The van der Waals surface area contributed by atoms with Crippen LogP contribution in [0.2, 0.25) is 0 Å². The Hall–Kier alpha value is -0.900. The van der Waals surface area contributed by atoms with Crippen LogP contribution in [0.4, 0.5) is 0 Å². The molecule has 0 aliphatic carbocycles. The van der Waals surface area contributed by atoms with Crippen LogP contribution in [0.25, 0.3) is 0 Å². The molecule has 2 fully saturated rings. The van der Waals surface area contributed by atoms with Crippen molar-refractivity contribution in [1.29, 1.82) is 0 Å². The van der Waals surface area contributed by atoms with Gasteiger partial charge in [-0.2, -0.15) is 0 Å². The highest BCUT2D eigenvalue weighted by Gasteiger charge is 2.42. The third-order valence-electron chi connectivity index (χ3n) is 7.83. The molecule has 0 aromatic rings. The number of likely N-dealkylation sites (tertiary alicyclic amines) is 1. The fourth-order valence-electron chi connectivity index (χ4n) is 6.05. The number of hydrogen-bond donors (Lipinski definition) is 1. The molecule has 3 rings (SSSR count). The predicted octanol–water partition coefficient (Wildman–Crippen LogP) is 5.56. The van der Waals surface area contributed by atoms with Gasteiger partial charge >= 0.3 is 0 Å². The zero-order valence-corrected chi connectivity index (χ0v) is 19.9. The molecule has 170 valence electrons. The van der Waals surface area contributed by atoms with Gasteiger partial charge in [-0.25, -0.2) is 0 Å². The molecule has 3 aliphatic heterocycles. The third-order valence-corrected chi connectivity index (χ3v) is 7.83. The maximum atomic E-state index is 4.21. The molecule has 0 radical (unpaired) electrons. The average Bonchev–Trinajstić information content (AvgIpc) is 2.79. The van der Waals surface area contributed by atoms with Crippen molar-refractivity contribution < 1.29 is 0 Å². The molecule has 0 atom stereocenters. The SMILES string of the molecule is C=CC1=C(/C=C\C)C2(CCN(C3CCNCC3)CC2)CN(CCCCCCCC)C1. The van der Waals surface area contributed by atoms with E-state index in [1.54, 1.807) is 5.57 Å². The Morgan fingerprint density at radius 2 is 1.77 bits per heavy atom. The zero-order chi connectivity index (χ0) is 21.2. The molecular formula is C27H47N3. The fourth-order valence-corrected chi connectivity index (χ4v) is 6.05. The topological polar surface area (TPSA) is 18.5 Å². The average molecular weight is 414 g/mol. The summed E-state index contributed by atoms with van der Waals surface area (Å²) < 4.78 is 0. The molecule has 30 heavy (non-hydrogen) atoms. The lowest BCUT2D eigenvalue weighted by Gasteiger charge is -2.51. The maximum absolute atomic E-state index is 4.21. The number of unbranched alkanes of at least 4 members (excludes halogenated alkanes) is 5. The Morgan fingerprint density at radius 1 is 1.07 bits per heavy atom. The van der Waals surface area contributed by atoms with Crippen LogP contribution in [0.15, 0.2) is 36.0 Å². The molecular weight excluding hydrogens is 366 g/mol. The molecule has 1 N–H and O–H groups in total. The first-order chi connectivity index (χ1) is 14.7. The minimum absolute atomic E-state index is 0.333. The summed E-state index contributed by atoms with van der Waals surface area (Å²) in [4.78, 5) is 5.56. The highest BCUT2D eigenvalue weighted by molar-refractivity contribution is 5.41. The smallest absolute Gasteiger partial charge is 0.0236 e. The van der Waals surface area contributed by atoms with Gasteiger partial charge in [0.1, 0.15) is 0 Å². The van der Waals surface area contributed by atoms with Gasteiger partial charge in [0.15, 0.2) is 0 Å². The van der Waals surface area contributed by atoms with Crippen LogP contribution in [-0.4, -0.2) is 61.7 Å². The summed E-state index contributed by atoms with van der Waals surface area (Å²) in [7, 11) is 0. The van der Waals surface area contributed by atoms with E-state index in [1.165, 1.54) is 109 Å². The second-order valence-electron chi connectivity index (χ2n) is 9.92. The second-order valence-corrected chi connectivity index (χ2v) is 9.92. The van der Waals surface area contributed by atoms with Gasteiger partial charge in [-0.1, -0.05) is 63.8 Å². The predicted molar refractivity (Wildman–Crippen MR) is 131 cm³/mol. The Kier molecular flexibility index (Phi) is 9.67. The summed E-state index contributed by atoms with van der Waals surface area (Å²) in [6, 6.07) is 0.805. The van der Waals surface area contributed by atoms with Gasteiger partial charge in [-0.3, -0.25) is 4.90 Å². The van der Waals surface area contributed by atoms with Crippen molar-refractivity contribution in [1.82, 2.24) is 15.1 Å². The number of nitrogens with one attached hydrogen (secondary N) is 1. The van der Waals surface area contributed by atoms with Crippen LogP contribution in [-0.2, 0) is 0 Å². The summed E-state index contributed by atoms with van der Waals surface area (Å²) in [6.07, 6.45) is 20.4. The van der Waals surface area contributed by atoms with E-state index in [-0.39, 0.29) is 0 Å². The number of allylic oxidation sites excluding steroid dienone is 2.